The Morgan fingerprint density at radius 3 is 2.05 bits per heavy atom. The third kappa shape index (κ3) is 6.22. The van der Waals surface area contributed by atoms with E-state index in [4.69, 9.17) is 0 Å². The predicted molar refractivity (Wildman–Crippen MR) is 84.2 cm³/mol. The molecule has 0 aliphatic heterocycles. The zero-order valence-electron chi connectivity index (χ0n) is 13.2. The van der Waals surface area contributed by atoms with Gasteiger partial charge in [0, 0.05) is 19.1 Å². The minimum atomic E-state index is 0.609. The largest absolute Gasteiger partial charge is 0.312 e. The molecule has 1 N–H and O–H groups in total. The topological polar surface area (TPSA) is 15.3 Å². The fourth-order valence-corrected chi connectivity index (χ4v) is 2.16. The summed E-state index contributed by atoms with van der Waals surface area (Å²) in [4.78, 5) is 2.48. The SMILES string of the molecule is CCN(Cc1ccc(CNCC(C)C)cc1)C(C)C. The summed E-state index contributed by atoms with van der Waals surface area (Å²) in [6, 6.07) is 9.63. The summed E-state index contributed by atoms with van der Waals surface area (Å²) in [6.07, 6.45) is 0. The third-order valence-electron chi connectivity index (χ3n) is 3.43. The fraction of sp³-hybridized carbons (Fsp3) is 0.647. The van der Waals surface area contributed by atoms with Gasteiger partial charge >= 0.3 is 0 Å². The second kappa shape index (κ2) is 8.34. The Morgan fingerprint density at radius 2 is 1.58 bits per heavy atom. The first-order valence-electron chi connectivity index (χ1n) is 7.55. The van der Waals surface area contributed by atoms with Crippen LogP contribution in [0.3, 0.4) is 0 Å². The molecule has 2 nitrogen and oxygen atoms in total. The molecule has 0 radical (unpaired) electrons. The van der Waals surface area contributed by atoms with Crippen LogP contribution < -0.4 is 5.32 Å². The Kier molecular flexibility index (Phi) is 7.11. The van der Waals surface area contributed by atoms with E-state index in [0.717, 1.165) is 26.2 Å². The molecule has 1 rings (SSSR count). The zero-order valence-corrected chi connectivity index (χ0v) is 13.2. The Labute approximate surface area is 119 Å². The normalized spacial score (nSPS) is 11.8. The number of benzene rings is 1. The highest BCUT2D eigenvalue weighted by molar-refractivity contribution is 5.22. The van der Waals surface area contributed by atoms with Gasteiger partial charge in [0.15, 0.2) is 0 Å². The molecule has 1 aromatic carbocycles. The van der Waals surface area contributed by atoms with Gasteiger partial charge < -0.3 is 5.32 Å². The number of rotatable bonds is 8. The molecule has 19 heavy (non-hydrogen) atoms. The summed E-state index contributed by atoms with van der Waals surface area (Å²) in [7, 11) is 0. The van der Waals surface area contributed by atoms with Crippen LogP contribution >= 0.6 is 0 Å². The van der Waals surface area contributed by atoms with Crippen molar-refractivity contribution >= 4 is 0 Å². The molecule has 0 heterocycles. The lowest BCUT2D eigenvalue weighted by Crippen LogP contribution is -2.29. The summed E-state index contributed by atoms with van der Waals surface area (Å²) >= 11 is 0. The van der Waals surface area contributed by atoms with Crippen LogP contribution in [0.5, 0.6) is 0 Å². The molecule has 108 valence electrons. The number of nitrogens with zero attached hydrogens (tertiary/aromatic N) is 1. The maximum Gasteiger partial charge on any atom is 0.0236 e. The van der Waals surface area contributed by atoms with Crippen LogP contribution in [0.15, 0.2) is 24.3 Å². The van der Waals surface area contributed by atoms with Crippen molar-refractivity contribution in [3.63, 3.8) is 0 Å². The molecule has 1 aromatic rings. The molecule has 0 unspecified atom stereocenters. The van der Waals surface area contributed by atoms with E-state index in [1.807, 2.05) is 0 Å². The highest BCUT2D eigenvalue weighted by Crippen LogP contribution is 2.10. The lowest BCUT2D eigenvalue weighted by atomic mass is 10.1. The lowest BCUT2D eigenvalue weighted by Gasteiger charge is -2.24. The molecule has 0 spiro atoms. The van der Waals surface area contributed by atoms with Crippen molar-refractivity contribution in [1.29, 1.82) is 0 Å². The van der Waals surface area contributed by atoms with Gasteiger partial charge in [-0.05, 0) is 44.0 Å². The number of nitrogens with one attached hydrogen (secondary N) is 1. The molecule has 0 fully saturated rings. The first-order valence-corrected chi connectivity index (χ1v) is 7.55. The molecule has 0 amide bonds. The van der Waals surface area contributed by atoms with E-state index in [1.165, 1.54) is 11.1 Å². The van der Waals surface area contributed by atoms with Crippen molar-refractivity contribution in [2.24, 2.45) is 5.92 Å². The Bertz CT molecular complexity index is 341. The van der Waals surface area contributed by atoms with Crippen LogP contribution in [0.1, 0.15) is 45.7 Å². The molecule has 0 aromatic heterocycles. The molecular formula is C17H30N2. The maximum absolute atomic E-state index is 3.48. The van der Waals surface area contributed by atoms with Crippen molar-refractivity contribution in [3.8, 4) is 0 Å². The van der Waals surface area contributed by atoms with E-state index in [-0.39, 0.29) is 0 Å². The first-order chi connectivity index (χ1) is 9.02. The Hall–Kier alpha value is -0.860. The minimum absolute atomic E-state index is 0.609. The molecule has 0 aliphatic rings. The highest BCUT2D eigenvalue weighted by atomic mass is 15.1. The molecular weight excluding hydrogens is 232 g/mol. The van der Waals surface area contributed by atoms with Crippen molar-refractivity contribution in [2.75, 3.05) is 13.1 Å². The summed E-state index contributed by atoms with van der Waals surface area (Å²) in [5.74, 6) is 0.712. The standard InChI is InChI=1S/C17H30N2/c1-6-19(15(4)5)13-17-9-7-16(8-10-17)12-18-11-14(2)3/h7-10,14-15,18H,6,11-13H2,1-5H3. The smallest absolute Gasteiger partial charge is 0.0236 e. The lowest BCUT2D eigenvalue weighted by molar-refractivity contribution is 0.225. The van der Waals surface area contributed by atoms with Gasteiger partial charge in [0.1, 0.15) is 0 Å². The monoisotopic (exact) mass is 262 g/mol. The molecule has 2 heteroatoms. The van der Waals surface area contributed by atoms with E-state index < -0.39 is 0 Å². The van der Waals surface area contributed by atoms with E-state index in [0.29, 0.717) is 12.0 Å². The van der Waals surface area contributed by atoms with Gasteiger partial charge in [0.2, 0.25) is 0 Å². The van der Waals surface area contributed by atoms with Crippen LogP contribution in [0.2, 0.25) is 0 Å². The van der Waals surface area contributed by atoms with Crippen LogP contribution in [0.4, 0.5) is 0 Å². The van der Waals surface area contributed by atoms with Gasteiger partial charge in [-0.1, -0.05) is 45.0 Å². The number of hydrogen-bond donors (Lipinski definition) is 1. The number of hydrogen-bond acceptors (Lipinski definition) is 2. The van der Waals surface area contributed by atoms with Crippen molar-refractivity contribution in [3.05, 3.63) is 35.4 Å². The van der Waals surface area contributed by atoms with Gasteiger partial charge in [0.05, 0.1) is 0 Å². The summed E-state index contributed by atoms with van der Waals surface area (Å²) in [5, 5.41) is 3.48. The highest BCUT2D eigenvalue weighted by Gasteiger charge is 2.07. The molecule has 0 aliphatic carbocycles. The maximum atomic E-state index is 3.48. The minimum Gasteiger partial charge on any atom is -0.312 e. The molecule has 0 saturated carbocycles. The van der Waals surface area contributed by atoms with Crippen LogP contribution in [0, 0.1) is 5.92 Å². The van der Waals surface area contributed by atoms with Gasteiger partial charge in [0.25, 0.3) is 0 Å². The molecule has 0 bridgehead atoms. The van der Waals surface area contributed by atoms with E-state index in [1.54, 1.807) is 0 Å². The van der Waals surface area contributed by atoms with Crippen molar-refractivity contribution < 1.29 is 0 Å². The second-order valence-corrected chi connectivity index (χ2v) is 6.00. The van der Waals surface area contributed by atoms with Gasteiger partial charge in [-0.3, -0.25) is 4.90 Å². The molecule has 0 atom stereocenters. The average Bonchev–Trinajstić information content (AvgIpc) is 2.37. The quantitative estimate of drug-likeness (QED) is 0.769. The molecule has 0 saturated heterocycles. The van der Waals surface area contributed by atoms with Crippen molar-refractivity contribution in [1.82, 2.24) is 10.2 Å². The van der Waals surface area contributed by atoms with Gasteiger partial charge in [-0.2, -0.15) is 0 Å². The van der Waals surface area contributed by atoms with Crippen LogP contribution in [-0.4, -0.2) is 24.0 Å². The van der Waals surface area contributed by atoms with Crippen molar-refractivity contribution in [2.45, 2.75) is 53.8 Å². The summed E-state index contributed by atoms with van der Waals surface area (Å²) in [5.41, 5.74) is 2.78. The fourth-order valence-electron chi connectivity index (χ4n) is 2.16. The third-order valence-corrected chi connectivity index (χ3v) is 3.43. The van der Waals surface area contributed by atoms with E-state index >= 15 is 0 Å². The summed E-state index contributed by atoms with van der Waals surface area (Å²) in [6.45, 7) is 15.4. The van der Waals surface area contributed by atoms with Gasteiger partial charge in [-0.25, -0.2) is 0 Å². The average molecular weight is 262 g/mol. The van der Waals surface area contributed by atoms with Crippen LogP contribution in [0.25, 0.3) is 0 Å². The van der Waals surface area contributed by atoms with E-state index in [2.05, 4.69) is 69.1 Å². The summed E-state index contributed by atoms with van der Waals surface area (Å²) < 4.78 is 0. The Balaban J connectivity index is 2.47. The van der Waals surface area contributed by atoms with Gasteiger partial charge in [-0.15, -0.1) is 0 Å². The second-order valence-electron chi connectivity index (χ2n) is 6.00. The first kappa shape index (κ1) is 16.2. The Morgan fingerprint density at radius 1 is 1.00 bits per heavy atom. The van der Waals surface area contributed by atoms with E-state index in [9.17, 15) is 0 Å². The van der Waals surface area contributed by atoms with Crippen LogP contribution in [-0.2, 0) is 13.1 Å². The predicted octanol–water partition coefficient (Wildman–Crippen LogP) is 3.66. The zero-order chi connectivity index (χ0) is 14.3.